The fourth-order valence-electron chi connectivity index (χ4n) is 1.12. The third kappa shape index (κ3) is 2.31. The smallest absolute Gasteiger partial charge is 0.234 e. The molecular formula is C6H12ClFN2O. The molecule has 3 N–H and O–H groups in total. The highest BCUT2D eigenvalue weighted by Gasteiger charge is 2.33. The zero-order valence-electron chi connectivity index (χ0n) is 6.21. The van der Waals surface area contributed by atoms with Crippen LogP contribution in [0, 0.1) is 0 Å². The summed E-state index contributed by atoms with van der Waals surface area (Å²) < 4.78 is 12.7. The normalized spacial score (nSPS) is 36.4. The standard InChI is InChI=1S/C6H11FN2O.ClH/c1-3-4(7)2-5(9-3)6(8)10;/h3-5,9H,2H2,1H3,(H2,8,10);1H. The molecule has 0 bridgehead atoms. The number of primary amides is 1. The van der Waals surface area contributed by atoms with Crippen molar-refractivity contribution < 1.29 is 9.18 Å². The summed E-state index contributed by atoms with van der Waals surface area (Å²) in [6, 6.07) is -0.706. The molecule has 0 aromatic carbocycles. The molecule has 3 nitrogen and oxygen atoms in total. The van der Waals surface area contributed by atoms with E-state index in [1.807, 2.05) is 0 Å². The van der Waals surface area contributed by atoms with Gasteiger partial charge in [0.05, 0.1) is 6.04 Å². The minimum Gasteiger partial charge on any atom is -0.368 e. The zero-order chi connectivity index (χ0) is 7.72. The molecule has 3 unspecified atom stereocenters. The highest BCUT2D eigenvalue weighted by atomic mass is 35.5. The van der Waals surface area contributed by atoms with Crippen LogP contribution in [0.1, 0.15) is 13.3 Å². The van der Waals surface area contributed by atoms with Crippen LogP contribution in [0.4, 0.5) is 4.39 Å². The van der Waals surface area contributed by atoms with Gasteiger partial charge in [-0.25, -0.2) is 4.39 Å². The fourth-order valence-corrected chi connectivity index (χ4v) is 1.12. The van der Waals surface area contributed by atoms with Gasteiger partial charge in [0, 0.05) is 12.5 Å². The average Bonchev–Trinajstić information content (AvgIpc) is 2.13. The first-order valence-corrected chi connectivity index (χ1v) is 3.30. The maximum absolute atomic E-state index is 12.7. The second-order valence-electron chi connectivity index (χ2n) is 2.66. The van der Waals surface area contributed by atoms with E-state index in [1.54, 1.807) is 6.92 Å². The lowest BCUT2D eigenvalue weighted by Gasteiger charge is -2.05. The maximum Gasteiger partial charge on any atom is 0.234 e. The highest BCUT2D eigenvalue weighted by Crippen LogP contribution is 2.15. The second-order valence-corrected chi connectivity index (χ2v) is 2.66. The molecule has 3 atom stereocenters. The van der Waals surface area contributed by atoms with E-state index >= 15 is 0 Å². The SMILES string of the molecule is CC1NC(C(N)=O)CC1F.Cl. The van der Waals surface area contributed by atoms with Gasteiger partial charge >= 0.3 is 0 Å². The number of nitrogens with two attached hydrogens (primary N) is 1. The third-order valence-corrected chi connectivity index (χ3v) is 1.81. The molecule has 5 heteroatoms. The predicted octanol–water partition coefficient (Wildman–Crippen LogP) is -0.0180. The molecule has 1 heterocycles. The molecule has 0 aromatic rings. The number of alkyl halides is 1. The van der Waals surface area contributed by atoms with Gasteiger partial charge in [-0.15, -0.1) is 12.4 Å². The highest BCUT2D eigenvalue weighted by molar-refractivity contribution is 5.85. The molecule has 0 spiro atoms. The molecule has 0 radical (unpaired) electrons. The molecule has 1 rings (SSSR count). The minimum atomic E-state index is -0.933. The van der Waals surface area contributed by atoms with Crippen molar-refractivity contribution in [3.63, 3.8) is 0 Å². The summed E-state index contributed by atoms with van der Waals surface area (Å²) in [6.45, 7) is 1.70. The molecular weight excluding hydrogens is 171 g/mol. The molecule has 1 fully saturated rings. The van der Waals surface area contributed by atoms with Gasteiger partial charge in [-0.05, 0) is 6.92 Å². The summed E-state index contributed by atoms with van der Waals surface area (Å²) in [7, 11) is 0. The summed E-state index contributed by atoms with van der Waals surface area (Å²) in [5.41, 5.74) is 4.95. The van der Waals surface area contributed by atoms with Crippen molar-refractivity contribution in [2.75, 3.05) is 0 Å². The van der Waals surface area contributed by atoms with Crippen LogP contribution in [0.3, 0.4) is 0 Å². The van der Waals surface area contributed by atoms with Crippen LogP contribution in [0.5, 0.6) is 0 Å². The largest absolute Gasteiger partial charge is 0.368 e. The van der Waals surface area contributed by atoms with E-state index < -0.39 is 18.1 Å². The van der Waals surface area contributed by atoms with Crippen LogP contribution in [-0.2, 0) is 4.79 Å². The topological polar surface area (TPSA) is 55.1 Å². The molecule has 11 heavy (non-hydrogen) atoms. The van der Waals surface area contributed by atoms with Crippen molar-refractivity contribution in [2.24, 2.45) is 5.73 Å². The van der Waals surface area contributed by atoms with Crippen LogP contribution >= 0.6 is 12.4 Å². The van der Waals surface area contributed by atoms with Crippen LogP contribution in [0.2, 0.25) is 0 Å². The van der Waals surface area contributed by atoms with Gasteiger partial charge in [0.25, 0.3) is 0 Å². The number of rotatable bonds is 1. The van der Waals surface area contributed by atoms with Crippen LogP contribution in [-0.4, -0.2) is 24.2 Å². The van der Waals surface area contributed by atoms with Crippen molar-refractivity contribution >= 4 is 18.3 Å². The van der Waals surface area contributed by atoms with Gasteiger partial charge in [0.15, 0.2) is 0 Å². The molecule has 0 saturated carbocycles. The molecule has 1 aliphatic heterocycles. The number of carbonyl (C=O) groups is 1. The van der Waals surface area contributed by atoms with Crippen molar-refractivity contribution in [1.29, 1.82) is 0 Å². The Hall–Kier alpha value is -0.350. The molecule has 1 aliphatic rings. The van der Waals surface area contributed by atoms with Gasteiger partial charge in [0.1, 0.15) is 6.17 Å². The number of hydrogen-bond acceptors (Lipinski definition) is 2. The maximum atomic E-state index is 12.7. The summed E-state index contributed by atoms with van der Waals surface area (Å²) in [4.78, 5) is 10.5. The van der Waals surface area contributed by atoms with Crippen molar-refractivity contribution in [3.8, 4) is 0 Å². The van der Waals surface area contributed by atoms with E-state index in [2.05, 4.69) is 5.32 Å². The Morgan fingerprint density at radius 1 is 1.73 bits per heavy atom. The summed E-state index contributed by atoms with van der Waals surface area (Å²) in [5.74, 6) is -0.466. The third-order valence-electron chi connectivity index (χ3n) is 1.81. The van der Waals surface area contributed by atoms with E-state index in [1.165, 1.54) is 0 Å². The summed E-state index contributed by atoms with van der Waals surface area (Å²) in [5, 5.41) is 2.75. The Morgan fingerprint density at radius 3 is 2.45 bits per heavy atom. The van der Waals surface area contributed by atoms with E-state index in [0.717, 1.165) is 0 Å². The lowest BCUT2D eigenvalue weighted by molar-refractivity contribution is -0.119. The fraction of sp³-hybridized carbons (Fsp3) is 0.833. The van der Waals surface area contributed by atoms with Crippen LogP contribution in [0.15, 0.2) is 0 Å². The first-order valence-electron chi connectivity index (χ1n) is 3.30. The van der Waals surface area contributed by atoms with Crippen LogP contribution < -0.4 is 11.1 Å². The van der Waals surface area contributed by atoms with E-state index in [0.29, 0.717) is 0 Å². The number of halogens is 2. The minimum absolute atomic E-state index is 0. The van der Waals surface area contributed by atoms with Gasteiger partial charge in [0.2, 0.25) is 5.91 Å². The first-order chi connectivity index (χ1) is 4.61. The van der Waals surface area contributed by atoms with Gasteiger partial charge < -0.3 is 11.1 Å². The Bertz CT molecular complexity index is 146. The Labute approximate surface area is 70.9 Å². The number of hydrogen-bond donors (Lipinski definition) is 2. The van der Waals surface area contributed by atoms with E-state index in [9.17, 15) is 9.18 Å². The number of carbonyl (C=O) groups excluding carboxylic acids is 1. The Balaban J connectivity index is 0.000001000. The second kappa shape index (κ2) is 3.88. The van der Waals surface area contributed by atoms with Crippen LogP contribution in [0.25, 0.3) is 0 Å². The number of amides is 1. The van der Waals surface area contributed by atoms with Crippen molar-refractivity contribution in [1.82, 2.24) is 5.32 Å². The lowest BCUT2D eigenvalue weighted by atomic mass is 10.2. The van der Waals surface area contributed by atoms with Crippen molar-refractivity contribution in [3.05, 3.63) is 0 Å². The average molecular weight is 183 g/mol. The molecule has 1 amide bonds. The Kier molecular flexibility index (Phi) is 3.75. The zero-order valence-corrected chi connectivity index (χ0v) is 7.03. The van der Waals surface area contributed by atoms with Gasteiger partial charge in [-0.2, -0.15) is 0 Å². The number of nitrogens with one attached hydrogen (secondary N) is 1. The predicted molar refractivity (Wildman–Crippen MR) is 42.3 cm³/mol. The van der Waals surface area contributed by atoms with Gasteiger partial charge in [-0.3, -0.25) is 4.79 Å². The van der Waals surface area contributed by atoms with Gasteiger partial charge in [-0.1, -0.05) is 0 Å². The molecule has 0 aliphatic carbocycles. The van der Waals surface area contributed by atoms with E-state index in [-0.39, 0.29) is 24.9 Å². The lowest BCUT2D eigenvalue weighted by Crippen LogP contribution is -2.38. The molecule has 1 saturated heterocycles. The quantitative estimate of drug-likeness (QED) is 0.599. The first kappa shape index (κ1) is 10.7. The monoisotopic (exact) mass is 182 g/mol. The molecule has 0 aromatic heterocycles. The van der Waals surface area contributed by atoms with Crippen molar-refractivity contribution in [2.45, 2.75) is 31.6 Å². The van der Waals surface area contributed by atoms with E-state index in [4.69, 9.17) is 5.73 Å². The Morgan fingerprint density at radius 2 is 2.27 bits per heavy atom. The summed E-state index contributed by atoms with van der Waals surface area (Å²) in [6.07, 6.45) is -0.714. The molecule has 66 valence electrons. The summed E-state index contributed by atoms with van der Waals surface area (Å²) >= 11 is 0.